The van der Waals surface area contributed by atoms with Crippen molar-refractivity contribution in [2.24, 2.45) is 11.7 Å². The van der Waals surface area contributed by atoms with Crippen molar-refractivity contribution >= 4 is 23.2 Å². The highest BCUT2D eigenvalue weighted by atomic mass is 19.1. The fraction of sp³-hybridized carbons (Fsp3) is 0.333. The van der Waals surface area contributed by atoms with Gasteiger partial charge >= 0.3 is 0 Å². The first-order valence-electron chi connectivity index (χ1n) is 5.70. The maximum absolute atomic E-state index is 13.1. The minimum atomic E-state index is -0.494. The number of amides is 2. The van der Waals surface area contributed by atoms with E-state index in [1.807, 2.05) is 0 Å². The van der Waals surface area contributed by atoms with E-state index in [4.69, 9.17) is 5.73 Å². The largest absolute Gasteiger partial charge is 0.324 e. The maximum Gasteiger partial charge on any atom is 0.238 e. The number of hydrogen-bond acceptors (Lipinski definition) is 3. The predicted octanol–water partition coefficient (Wildman–Crippen LogP) is 1.07. The Morgan fingerprint density at radius 1 is 1.28 bits per heavy atom. The summed E-state index contributed by atoms with van der Waals surface area (Å²) in [7, 11) is 0. The van der Waals surface area contributed by atoms with Gasteiger partial charge in [0.05, 0.1) is 17.9 Å². The summed E-state index contributed by atoms with van der Waals surface area (Å²) in [4.78, 5) is 22.8. The Kier molecular flexibility index (Phi) is 3.57. The van der Waals surface area contributed by atoms with Gasteiger partial charge in [-0.3, -0.25) is 9.59 Å². The van der Waals surface area contributed by atoms with E-state index < -0.39 is 11.7 Å². The van der Waals surface area contributed by atoms with Gasteiger partial charge in [-0.25, -0.2) is 4.39 Å². The van der Waals surface area contributed by atoms with Crippen molar-refractivity contribution in [3.63, 3.8) is 0 Å². The maximum atomic E-state index is 13.1. The molecule has 0 heterocycles. The Morgan fingerprint density at radius 3 is 2.61 bits per heavy atom. The number of halogens is 1. The Bertz CT molecular complexity index is 486. The van der Waals surface area contributed by atoms with Gasteiger partial charge in [-0.05, 0) is 31.0 Å². The first-order chi connectivity index (χ1) is 8.60. The standard InChI is InChI=1S/C12H14FN3O2/c13-8-3-4-9(16-12(18)7-1-2-7)10(5-8)15-11(17)6-14/h3-5,7H,1-2,6,14H2,(H,15,17)(H,16,18). The van der Waals surface area contributed by atoms with Gasteiger partial charge in [-0.2, -0.15) is 0 Å². The van der Waals surface area contributed by atoms with Crippen molar-refractivity contribution < 1.29 is 14.0 Å². The topological polar surface area (TPSA) is 84.2 Å². The molecule has 4 N–H and O–H groups in total. The zero-order valence-corrected chi connectivity index (χ0v) is 9.70. The summed E-state index contributed by atoms with van der Waals surface area (Å²) in [6.07, 6.45) is 1.75. The van der Waals surface area contributed by atoms with Crippen LogP contribution in [0.2, 0.25) is 0 Å². The summed E-state index contributed by atoms with van der Waals surface area (Å²) in [6, 6.07) is 3.79. The molecule has 6 heteroatoms. The summed E-state index contributed by atoms with van der Waals surface area (Å²) >= 11 is 0. The highest BCUT2D eigenvalue weighted by molar-refractivity contribution is 6.01. The molecule has 0 saturated heterocycles. The molecule has 1 aliphatic carbocycles. The minimum absolute atomic E-state index is 0.0353. The third kappa shape index (κ3) is 3.04. The molecule has 96 valence electrons. The molecule has 2 amide bonds. The highest BCUT2D eigenvalue weighted by Crippen LogP contribution is 2.31. The highest BCUT2D eigenvalue weighted by Gasteiger charge is 2.30. The molecular formula is C12H14FN3O2. The second kappa shape index (κ2) is 5.14. The molecule has 2 rings (SSSR count). The van der Waals surface area contributed by atoms with Crippen LogP contribution in [0.1, 0.15) is 12.8 Å². The molecule has 1 aromatic carbocycles. The quantitative estimate of drug-likeness (QED) is 0.748. The second-order valence-corrected chi connectivity index (χ2v) is 4.21. The number of nitrogens with two attached hydrogens (primary N) is 1. The van der Waals surface area contributed by atoms with Crippen LogP contribution in [0, 0.1) is 11.7 Å². The molecule has 1 saturated carbocycles. The van der Waals surface area contributed by atoms with E-state index in [1.54, 1.807) is 0 Å². The number of anilines is 2. The zero-order chi connectivity index (χ0) is 13.1. The van der Waals surface area contributed by atoms with Crippen molar-refractivity contribution in [2.45, 2.75) is 12.8 Å². The van der Waals surface area contributed by atoms with Gasteiger partial charge in [0.1, 0.15) is 5.82 Å². The summed E-state index contributed by atoms with van der Waals surface area (Å²) < 4.78 is 13.1. The van der Waals surface area contributed by atoms with Crippen LogP contribution in [-0.2, 0) is 9.59 Å². The summed E-state index contributed by atoms with van der Waals surface area (Å²) in [6.45, 7) is -0.202. The smallest absolute Gasteiger partial charge is 0.238 e. The van der Waals surface area contributed by atoms with Crippen molar-refractivity contribution in [1.29, 1.82) is 0 Å². The van der Waals surface area contributed by atoms with Gasteiger partial charge in [-0.1, -0.05) is 0 Å². The molecule has 0 bridgehead atoms. The number of carbonyl (C=O) groups is 2. The zero-order valence-electron chi connectivity index (χ0n) is 9.70. The van der Waals surface area contributed by atoms with Gasteiger partial charge in [0.25, 0.3) is 0 Å². The summed E-state index contributed by atoms with van der Waals surface area (Å²) in [5.41, 5.74) is 5.78. The van der Waals surface area contributed by atoms with Crippen LogP contribution in [0.5, 0.6) is 0 Å². The first kappa shape index (κ1) is 12.5. The SMILES string of the molecule is NCC(=O)Nc1cc(F)ccc1NC(=O)C1CC1. The van der Waals surface area contributed by atoms with E-state index in [2.05, 4.69) is 10.6 Å². The minimum Gasteiger partial charge on any atom is -0.324 e. The van der Waals surface area contributed by atoms with Crippen LogP contribution in [0.25, 0.3) is 0 Å². The van der Waals surface area contributed by atoms with Gasteiger partial charge in [0.15, 0.2) is 0 Å². The second-order valence-electron chi connectivity index (χ2n) is 4.21. The van der Waals surface area contributed by atoms with Crippen LogP contribution >= 0.6 is 0 Å². The normalized spacial score (nSPS) is 14.1. The van der Waals surface area contributed by atoms with Crippen LogP contribution in [-0.4, -0.2) is 18.4 Å². The third-order valence-corrected chi connectivity index (χ3v) is 2.65. The lowest BCUT2D eigenvalue weighted by atomic mass is 10.2. The predicted molar refractivity (Wildman–Crippen MR) is 65.4 cm³/mol. The van der Waals surface area contributed by atoms with Crippen molar-refractivity contribution in [2.75, 3.05) is 17.2 Å². The number of benzene rings is 1. The molecule has 0 radical (unpaired) electrons. The Labute approximate surface area is 104 Å². The first-order valence-corrected chi connectivity index (χ1v) is 5.70. The van der Waals surface area contributed by atoms with E-state index in [-0.39, 0.29) is 24.1 Å². The van der Waals surface area contributed by atoms with E-state index >= 15 is 0 Å². The monoisotopic (exact) mass is 251 g/mol. The van der Waals surface area contributed by atoms with Gasteiger partial charge < -0.3 is 16.4 Å². The Morgan fingerprint density at radius 2 is 2.00 bits per heavy atom. The van der Waals surface area contributed by atoms with Gasteiger partial charge in [0.2, 0.25) is 11.8 Å². The van der Waals surface area contributed by atoms with Crippen LogP contribution in [0.3, 0.4) is 0 Å². The number of rotatable bonds is 4. The van der Waals surface area contributed by atoms with E-state index in [1.165, 1.54) is 12.1 Å². The number of hydrogen-bond donors (Lipinski definition) is 3. The average molecular weight is 251 g/mol. The summed E-state index contributed by atoms with van der Waals surface area (Å²) in [5, 5.41) is 5.12. The van der Waals surface area contributed by atoms with Crippen LogP contribution < -0.4 is 16.4 Å². The van der Waals surface area contributed by atoms with Crippen molar-refractivity contribution in [1.82, 2.24) is 0 Å². The molecule has 1 aliphatic rings. The fourth-order valence-electron chi connectivity index (χ4n) is 1.51. The molecule has 0 unspecified atom stereocenters. The molecular weight excluding hydrogens is 237 g/mol. The molecule has 0 atom stereocenters. The fourth-order valence-corrected chi connectivity index (χ4v) is 1.51. The Balaban J connectivity index is 2.16. The average Bonchev–Trinajstić information content (AvgIpc) is 3.16. The molecule has 0 spiro atoms. The third-order valence-electron chi connectivity index (χ3n) is 2.65. The lowest BCUT2D eigenvalue weighted by Crippen LogP contribution is -2.23. The summed E-state index contributed by atoms with van der Waals surface area (Å²) in [5.74, 6) is -1.01. The van der Waals surface area contributed by atoms with Gasteiger partial charge in [-0.15, -0.1) is 0 Å². The van der Waals surface area contributed by atoms with Crippen LogP contribution in [0.15, 0.2) is 18.2 Å². The van der Waals surface area contributed by atoms with E-state index in [0.717, 1.165) is 18.9 Å². The molecule has 5 nitrogen and oxygen atoms in total. The molecule has 1 fully saturated rings. The number of carbonyl (C=O) groups excluding carboxylic acids is 2. The van der Waals surface area contributed by atoms with Crippen molar-refractivity contribution in [3.8, 4) is 0 Å². The molecule has 1 aromatic rings. The van der Waals surface area contributed by atoms with E-state index in [9.17, 15) is 14.0 Å². The van der Waals surface area contributed by atoms with E-state index in [0.29, 0.717) is 5.69 Å². The molecule has 0 aliphatic heterocycles. The van der Waals surface area contributed by atoms with Crippen molar-refractivity contribution in [3.05, 3.63) is 24.0 Å². The van der Waals surface area contributed by atoms with Crippen LogP contribution in [0.4, 0.5) is 15.8 Å². The lowest BCUT2D eigenvalue weighted by molar-refractivity contribution is -0.117. The molecule has 0 aromatic heterocycles. The number of nitrogens with one attached hydrogen (secondary N) is 2. The van der Waals surface area contributed by atoms with Gasteiger partial charge in [0, 0.05) is 5.92 Å². The molecule has 18 heavy (non-hydrogen) atoms. The Hall–Kier alpha value is -1.95. The lowest BCUT2D eigenvalue weighted by Gasteiger charge is -2.11.